The van der Waals surface area contributed by atoms with Crippen molar-refractivity contribution < 1.29 is 9.53 Å². The first-order valence-corrected chi connectivity index (χ1v) is 7.97. The molecule has 0 unspecified atom stereocenters. The summed E-state index contributed by atoms with van der Waals surface area (Å²) in [5.74, 6) is 0.356. The van der Waals surface area contributed by atoms with Gasteiger partial charge in [-0.1, -0.05) is 35.6 Å². The molecule has 3 rings (SSSR count). The number of benzene rings is 2. The average molecular weight is 324 g/mol. The second-order valence-electron chi connectivity index (χ2n) is 4.90. The molecule has 0 saturated heterocycles. The maximum absolute atomic E-state index is 12.5. The minimum Gasteiger partial charge on any atom is -0.497 e. The topological polar surface area (TPSA) is 43.6 Å². The van der Waals surface area contributed by atoms with E-state index >= 15 is 0 Å². The van der Waals surface area contributed by atoms with Crippen molar-refractivity contribution in [3.05, 3.63) is 71.6 Å². The largest absolute Gasteiger partial charge is 0.497 e. The third-order valence-corrected chi connectivity index (χ3v) is 4.47. The number of ether oxygens (including phenoxy) is 1. The van der Waals surface area contributed by atoms with Gasteiger partial charge in [-0.2, -0.15) is 4.99 Å². The molecular formula is C18H16N2O2S. The van der Waals surface area contributed by atoms with E-state index in [9.17, 15) is 4.79 Å². The number of carbonyl (C=O) groups is 1. The number of hydrogen-bond donors (Lipinski definition) is 0. The normalized spacial score (nSPS) is 11.6. The number of fused-ring (bicyclic) bond motifs is 1. The molecule has 0 aliphatic heterocycles. The van der Waals surface area contributed by atoms with Gasteiger partial charge in [-0.25, -0.2) is 0 Å². The molecule has 1 aromatic heterocycles. The zero-order valence-corrected chi connectivity index (χ0v) is 13.5. The Morgan fingerprint density at radius 2 is 2.13 bits per heavy atom. The van der Waals surface area contributed by atoms with E-state index in [-0.39, 0.29) is 5.91 Å². The Hall–Kier alpha value is -2.66. The fourth-order valence-corrected chi connectivity index (χ4v) is 3.36. The minimum atomic E-state index is -0.284. The quantitative estimate of drug-likeness (QED) is 0.688. The minimum absolute atomic E-state index is 0.284. The number of nitrogens with zero attached hydrogens (tertiary/aromatic N) is 2. The second kappa shape index (κ2) is 6.62. The van der Waals surface area contributed by atoms with Gasteiger partial charge in [0, 0.05) is 12.1 Å². The fourth-order valence-electron chi connectivity index (χ4n) is 2.32. The number of para-hydroxylation sites is 1. The number of thiazole rings is 1. The van der Waals surface area contributed by atoms with Crippen LogP contribution in [-0.4, -0.2) is 17.6 Å². The number of aromatic nitrogens is 1. The molecule has 0 bridgehead atoms. The van der Waals surface area contributed by atoms with Crippen molar-refractivity contribution in [3.8, 4) is 5.75 Å². The summed E-state index contributed by atoms with van der Waals surface area (Å²) in [5, 5.41) is 0. The first-order valence-electron chi connectivity index (χ1n) is 7.15. The summed E-state index contributed by atoms with van der Waals surface area (Å²) in [5.41, 5.74) is 1.56. The predicted molar refractivity (Wildman–Crippen MR) is 92.9 cm³/mol. The lowest BCUT2D eigenvalue weighted by Gasteiger charge is -2.02. The molecule has 0 aliphatic carbocycles. The average Bonchev–Trinajstić information content (AvgIpc) is 2.93. The van der Waals surface area contributed by atoms with Crippen molar-refractivity contribution >= 4 is 27.5 Å². The number of allylic oxidation sites excluding steroid dienone is 1. The lowest BCUT2D eigenvalue weighted by atomic mass is 10.2. The molecule has 3 aromatic rings. The van der Waals surface area contributed by atoms with Crippen LogP contribution in [0.4, 0.5) is 0 Å². The summed E-state index contributed by atoms with van der Waals surface area (Å²) >= 11 is 1.49. The van der Waals surface area contributed by atoms with Gasteiger partial charge in [0.1, 0.15) is 5.75 Å². The monoisotopic (exact) mass is 324 g/mol. The lowest BCUT2D eigenvalue weighted by molar-refractivity contribution is 0.0997. The number of rotatable bonds is 4. The van der Waals surface area contributed by atoms with E-state index in [0.29, 0.717) is 22.7 Å². The van der Waals surface area contributed by atoms with Crippen LogP contribution in [0.3, 0.4) is 0 Å². The third-order valence-electron chi connectivity index (χ3n) is 3.41. The van der Waals surface area contributed by atoms with Gasteiger partial charge in [-0.15, -0.1) is 6.58 Å². The van der Waals surface area contributed by atoms with Gasteiger partial charge in [0.2, 0.25) is 0 Å². The van der Waals surface area contributed by atoms with E-state index in [0.717, 1.165) is 10.2 Å². The van der Waals surface area contributed by atoms with Gasteiger partial charge in [0.05, 0.1) is 17.3 Å². The number of carbonyl (C=O) groups excluding carboxylic acids is 1. The number of amides is 1. The molecule has 0 spiro atoms. The Morgan fingerprint density at radius 1 is 1.30 bits per heavy atom. The van der Waals surface area contributed by atoms with E-state index in [1.807, 2.05) is 28.8 Å². The van der Waals surface area contributed by atoms with Crippen LogP contribution in [0.15, 0.2) is 66.2 Å². The standard InChI is InChI=1S/C18H16N2O2S/c1-3-11-20-15-9-4-5-10-16(15)23-18(20)19-17(21)13-7-6-8-14(12-13)22-2/h3-10,12H,1,11H2,2H3. The molecule has 0 N–H and O–H groups in total. The van der Waals surface area contributed by atoms with Crippen LogP contribution in [0.1, 0.15) is 10.4 Å². The molecule has 0 fully saturated rings. The van der Waals surface area contributed by atoms with Crippen LogP contribution in [0.5, 0.6) is 5.75 Å². The van der Waals surface area contributed by atoms with E-state index in [1.54, 1.807) is 37.5 Å². The third kappa shape index (κ3) is 3.10. The van der Waals surface area contributed by atoms with Crippen molar-refractivity contribution in [3.63, 3.8) is 0 Å². The van der Waals surface area contributed by atoms with Crippen molar-refractivity contribution in [2.75, 3.05) is 7.11 Å². The fraction of sp³-hybridized carbons (Fsp3) is 0.111. The first-order chi connectivity index (χ1) is 11.2. The number of hydrogen-bond acceptors (Lipinski definition) is 3. The Labute approximate surface area is 138 Å². The van der Waals surface area contributed by atoms with E-state index < -0.39 is 0 Å². The van der Waals surface area contributed by atoms with Crippen LogP contribution in [0, 0.1) is 0 Å². The molecule has 1 heterocycles. The highest BCUT2D eigenvalue weighted by Crippen LogP contribution is 2.17. The predicted octanol–water partition coefficient (Wildman–Crippen LogP) is 3.64. The van der Waals surface area contributed by atoms with Crippen LogP contribution in [-0.2, 0) is 6.54 Å². The van der Waals surface area contributed by atoms with Crippen molar-refractivity contribution in [2.24, 2.45) is 4.99 Å². The highest BCUT2D eigenvalue weighted by molar-refractivity contribution is 7.16. The zero-order valence-electron chi connectivity index (χ0n) is 12.7. The summed E-state index contributed by atoms with van der Waals surface area (Å²) in [6, 6.07) is 15.0. The summed E-state index contributed by atoms with van der Waals surface area (Å²) in [6.45, 7) is 4.39. The molecule has 0 atom stereocenters. The Bertz CT molecular complexity index is 937. The molecule has 0 radical (unpaired) electrons. The van der Waals surface area contributed by atoms with Crippen molar-refractivity contribution in [1.29, 1.82) is 0 Å². The summed E-state index contributed by atoms with van der Waals surface area (Å²) < 4.78 is 8.24. The highest BCUT2D eigenvalue weighted by atomic mass is 32.1. The maximum atomic E-state index is 12.5. The molecule has 0 saturated carbocycles. The smallest absolute Gasteiger partial charge is 0.279 e. The first kappa shape index (κ1) is 15.2. The van der Waals surface area contributed by atoms with Crippen molar-refractivity contribution in [2.45, 2.75) is 6.54 Å². The Morgan fingerprint density at radius 3 is 2.91 bits per heavy atom. The summed E-state index contributed by atoms with van der Waals surface area (Å²) in [4.78, 5) is 17.4. The second-order valence-corrected chi connectivity index (χ2v) is 5.91. The molecule has 1 amide bonds. The molecule has 116 valence electrons. The molecule has 23 heavy (non-hydrogen) atoms. The van der Waals surface area contributed by atoms with Crippen LogP contribution in [0.25, 0.3) is 10.2 Å². The van der Waals surface area contributed by atoms with E-state index in [1.165, 1.54) is 11.3 Å². The molecule has 5 heteroatoms. The van der Waals surface area contributed by atoms with Gasteiger partial charge >= 0.3 is 0 Å². The Balaban J connectivity index is 2.10. The van der Waals surface area contributed by atoms with E-state index in [4.69, 9.17) is 4.74 Å². The zero-order chi connectivity index (χ0) is 16.2. The van der Waals surface area contributed by atoms with Crippen LogP contribution >= 0.6 is 11.3 Å². The van der Waals surface area contributed by atoms with Gasteiger partial charge in [-0.05, 0) is 30.3 Å². The molecule has 2 aromatic carbocycles. The molecule has 0 aliphatic rings. The van der Waals surface area contributed by atoms with E-state index in [2.05, 4.69) is 11.6 Å². The molecule has 4 nitrogen and oxygen atoms in total. The SMILES string of the molecule is C=CCn1c(=NC(=O)c2cccc(OC)c2)sc2ccccc21. The summed E-state index contributed by atoms with van der Waals surface area (Å²) in [6.07, 6.45) is 1.80. The van der Waals surface area contributed by atoms with Crippen molar-refractivity contribution in [1.82, 2.24) is 4.57 Å². The lowest BCUT2D eigenvalue weighted by Crippen LogP contribution is -2.16. The van der Waals surface area contributed by atoms with Gasteiger partial charge in [-0.3, -0.25) is 4.79 Å². The van der Waals surface area contributed by atoms with Gasteiger partial charge < -0.3 is 9.30 Å². The molecular weight excluding hydrogens is 308 g/mol. The maximum Gasteiger partial charge on any atom is 0.279 e. The van der Waals surface area contributed by atoms with Crippen LogP contribution in [0.2, 0.25) is 0 Å². The van der Waals surface area contributed by atoms with Crippen LogP contribution < -0.4 is 9.54 Å². The highest BCUT2D eigenvalue weighted by Gasteiger charge is 2.09. The summed E-state index contributed by atoms with van der Waals surface area (Å²) in [7, 11) is 1.57. The van der Waals surface area contributed by atoms with Gasteiger partial charge in [0.15, 0.2) is 4.80 Å². The van der Waals surface area contributed by atoms with Gasteiger partial charge in [0.25, 0.3) is 5.91 Å². The Kier molecular flexibility index (Phi) is 4.39. The number of methoxy groups -OCH3 is 1.